The standard InChI is InChI=1S/C16H13BrN2O/c1-11-6-2-3-7-12(11)15(10-18)19-16(20)13-8-4-5-9-14(13)17/h2-9,15H,1H3,(H,19,20)/t15-/m1/s1. The SMILES string of the molecule is Cc1ccccc1[C@@H](C#N)NC(=O)c1ccccc1Br. The van der Waals surface area contributed by atoms with Gasteiger partial charge in [0.2, 0.25) is 0 Å². The van der Waals surface area contributed by atoms with Crippen LogP contribution >= 0.6 is 15.9 Å². The summed E-state index contributed by atoms with van der Waals surface area (Å²) in [5, 5.41) is 12.0. The van der Waals surface area contributed by atoms with E-state index in [1.165, 1.54) is 0 Å². The monoisotopic (exact) mass is 328 g/mol. The van der Waals surface area contributed by atoms with Crippen molar-refractivity contribution >= 4 is 21.8 Å². The Morgan fingerprint density at radius 2 is 1.85 bits per heavy atom. The van der Waals surface area contributed by atoms with Crippen molar-refractivity contribution in [1.82, 2.24) is 5.32 Å². The number of amides is 1. The Morgan fingerprint density at radius 1 is 1.20 bits per heavy atom. The molecule has 1 atom stereocenters. The largest absolute Gasteiger partial charge is 0.332 e. The van der Waals surface area contributed by atoms with Gasteiger partial charge in [0.1, 0.15) is 6.04 Å². The second kappa shape index (κ2) is 6.36. The number of benzene rings is 2. The van der Waals surface area contributed by atoms with E-state index in [0.29, 0.717) is 10.0 Å². The number of aryl methyl sites for hydroxylation is 1. The predicted octanol–water partition coefficient (Wildman–Crippen LogP) is 3.75. The summed E-state index contributed by atoms with van der Waals surface area (Å²) in [6.45, 7) is 1.92. The molecule has 0 saturated heterocycles. The van der Waals surface area contributed by atoms with Crippen LogP contribution in [0, 0.1) is 18.3 Å². The fourth-order valence-electron chi connectivity index (χ4n) is 1.94. The van der Waals surface area contributed by atoms with Gasteiger partial charge in [0.25, 0.3) is 5.91 Å². The van der Waals surface area contributed by atoms with E-state index >= 15 is 0 Å². The van der Waals surface area contributed by atoms with Crippen LogP contribution in [0.3, 0.4) is 0 Å². The minimum Gasteiger partial charge on any atom is -0.332 e. The second-order valence-corrected chi connectivity index (χ2v) is 5.23. The average Bonchev–Trinajstić information content (AvgIpc) is 2.46. The number of hydrogen-bond donors (Lipinski definition) is 1. The van der Waals surface area contributed by atoms with Gasteiger partial charge in [0.05, 0.1) is 11.6 Å². The van der Waals surface area contributed by atoms with Crippen LogP contribution in [0.1, 0.15) is 27.5 Å². The molecule has 1 amide bonds. The number of rotatable bonds is 3. The third-order valence-electron chi connectivity index (χ3n) is 3.02. The zero-order valence-electron chi connectivity index (χ0n) is 10.9. The Bertz CT molecular complexity index is 676. The Balaban J connectivity index is 2.24. The molecule has 0 aliphatic heterocycles. The van der Waals surface area contributed by atoms with Gasteiger partial charge in [-0.2, -0.15) is 5.26 Å². The number of carbonyl (C=O) groups is 1. The van der Waals surface area contributed by atoms with Gasteiger partial charge in [-0.25, -0.2) is 0 Å². The highest BCUT2D eigenvalue weighted by Gasteiger charge is 2.17. The molecule has 1 N–H and O–H groups in total. The molecule has 100 valence electrons. The summed E-state index contributed by atoms with van der Waals surface area (Å²) in [5.74, 6) is -0.271. The molecule has 0 saturated carbocycles. The molecule has 0 radical (unpaired) electrons. The van der Waals surface area contributed by atoms with E-state index in [1.54, 1.807) is 18.2 Å². The van der Waals surface area contributed by atoms with Gasteiger partial charge < -0.3 is 5.32 Å². The smallest absolute Gasteiger partial charge is 0.253 e. The van der Waals surface area contributed by atoms with E-state index in [-0.39, 0.29) is 5.91 Å². The number of hydrogen-bond acceptors (Lipinski definition) is 2. The lowest BCUT2D eigenvalue weighted by Crippen LogP contribution is -2.28. The zero-order chi connectivity index (χ0) is 14.5. The molecule has 4 heteroatoms. The fraction of sp³-hybridized carbons (Fsp3) is 0.125. The van der Waals surface area contributed by atoms with Gasteiger partial charge in [0, 0.05) is 4.47 Å². The quantitative estimate of drug-likeness (QED) is 0.932. The minimum absolute atomic E-state index is 0.271. The lowest BCUT2D eigenvalue weighted by molar-refractivity contribution is 0.0944. The van der Waals surface area contributed by atoms with Crippen molar-refractivity contribution in [2.45, 2.75) is 13.0 Å². The number of halogens is 1. The molecule has 0 aromatic heterocycles. The molecule has 2 rings (SSSR count). The zero-order valence-corrected chi connectivity index (χ0v) is 12.5. The number of carbonyl (C=O) groups excluding carboxylic acids is 1. The molecular formula is C16H13BrN2O. The molecule has 2 aromatic carbocycles. The van der Waals surface area contributed by atoms with Crippen LogP contribution in [0.5, 0.6) is 0 Å². The summed E-state index contributed by atoms with van der Waals surface area (Å²) >= 11 is 3.34. The first kappa shape index (κ1) is 14.3. The average molecular weight is 329 g/mol. The molecular weight excluding hydrogens is 316 g/mol. The summed E-state index contributed by atoms with van der Waals surface area (Å²) in [6.07, 6.45) is 0. The molecule has 3 nitrogen and oxygen atoms in total. The van der Waals surface area contributed by atoms with Crippen molar-refractivity contribution in [3.8, 4) is 6.07 Å². The number of nitrogens with one attached hydrogen (secondary N) is 1. The Morgan fingerprint density at radius 3 is 2.50 bits per heavy atom. The third-order valence-corrected chi connectivity index (χ3v) is 3.71. The lowest BCUT2D eigenvalue weighted by Gasteiger charge is -2.14. The third kappa shape index (κ3) is 3.06. The maximum atomic E-state index is 12.2. The Kier molecular flexibility index (Phi) is 4.54. The van der Waals surface area contributed by atoms with Crippen molar-refractivity contribution in [2.24, 2.45) is 0 Å². The first-order chi connectivity index (χ1) is 9.63. The molecule has 20 heavy (non-hydrogen) atoms. The van der Waals surface area contributed by atoms with Crippen LogP contribution in [0.15, 0.2) is 53.0 Å². The maximum absolute atomic E-state index is 12.2. The van der Waals surface area contributed by atoms with Crippen molar-refractivity contribution < 1.29 is 4.79 Å². The lowest BCUT2D eigenvalue weighted by atomic mass is 10.0. The van der Waals surface area contributed by atoms with E-state index in [9.17, 15) is 10.1 Å². The molecule has 0 spiro atoms. The van der Waals surface area contributed by atoms with Gasteiger partial charge in [0.15, 0.2) is 0 Å². The highest BCUT2D eigenvalue weighted by molar-refractivity contribution is 9.10. The second-order valence-electron chi connectivity index (χ2n) is 4.37. The first-order valence-electron chi connectivity index (χ1n) is 6.14. The molecule has 0 unspecified atom stereocenters. The van der Waals surface area contributed by atoms with E-state index in [2.05, 4.69) is 27.3 Å². The van der Waals surface area contributed by atoms with Crippen LogP contribution in [0.2, 0.25) is 0 Å². The molecule has 0 heterocycles. The predicted molar refractivity (Wildman–Crippen MR) is 81.1 cm³/mol. The van der Waals surface area contributed by atoms with Gasteiger partial charge in [-0.3, -0.25) is 4.79 Å². The summed E-state index contributed by atoms with van der Waals surface area (Å²) in [7, 11) is 0. The van der Waals surface area contributed by atoms with Gasteiger partial charge in [-0.15, -0.1) is 0 Å². The normalized spacial score (nSPS) is 11.4. The van der Waals surface area contributed by atoms with Gasteiger partial charge in [-0.1, -0.05) is 36.4 Å². The van der Waals surface area contributed by atoms with E-state index < -0.39 is 6.04 Å². The highest BCUT2D eigenvalue weighted by atomic mass is 79.9. The molecule has 0 bridgehead atoms. The number of nitriles is 1. The van der Waals surface area contributed by atoms with Crippen LogP contribution in [0.4, 0.5) is 0 Å². The van der Waals surface area contributed by atoms with E-state index in [4.69, 9.17) is 0 Å². The molecule has 0 fully saturated rings. The fourth-order valence-corrected chi connectivity index (χ4v) is 2.41. The van der Waals surface area contributed by atoms with Crippen molar-refractivity contribution in [2.75, 3.05) is 0 Å². The Labute approximate surface area is 126 Å². The van der Waals surface area contributed by atoms with Crippen molar-refractivity contribution in [3.05, 3.63) is 69.7 Å². The maximum Gasteiger partial charge on any atom is 0.253 e. The van der Waals surface area contributed by atoms with Crippen LogP contribution < -0.4 is 5.32 Å². The number of nitrogens with zero attached hydrogens (tertiary/aromatic N) is 1. The van der Waals surface area contributed by atoms with Crippen LogP contribution in [-0.2, 0) is 0 Å². The van der Waals surface area contributed by atoms with Gasteiger partial charge >= 0.3 is 0 Å². The highest BCUT2D eigenvalue weighted by Crippen LogP contribution is 2.20. The van der Waals surface area contributed by atoms with E-state index in [1.807, 2.05) is 37.3 Å². The summed E-state index contributed by atoms with van der Waals surface area (Å²) < 4.78 is 0.707. The van der Waals surface area contributed by atoms with Crippen molar-refractivity contribution in [3.63, 3.8) is 0 Å². The Hall–Kier alpha value is -2.12. The first-order valence-corrected chi connectivity index (χ1v) is 6.93. The summed E-state index contributed by atoms with van der Waals surface area (Å²) in [6, 6.07) is 16.1. The van der Waals surface area contributed by atoms with E-state index in [0.717, 1.165) is 11.1 Å². The van der Waals surface area contributed by atoms with Crippen molar-refractivity contribution in [1.29, 1.82) is 5.26 Å². The minimum atomic E-state index is -0.657. The molecule has 0 aliphatic rings. The summed E-state index contributed by atoms with van der Waals surface area (Å²) in [4.78, 5) is 12.2. The molecule has 2 aromatic rings. The summed E-state index contributed by atoms with van der Waals surface area (Å²) in [5.41, 5.74) is 2.31. The van der Waals surface area contributed by atoms with Crippen LogP contribution in [-0.4, -0.2) is 5.91 Å². The molecule has 0 aliphatic carbocycles. The van der Waals surface area contributed by atoms with Gasteiger partial charge in [-0.05, 0) is 46.1 Å². The van der Waals surface area contributed by atoms with Crippen LogP contribution in [0.25, 0.3) is 0 Å². The topological polar surface area (TPSA) is 52.9 Å².